The molecule has 4 heteroatoms. The third-order valence-electron chi connectivity index (χ3n) is 5.34. The van der Waals surface area contributed by atoms with Gasteiger partial charge in [0.15, 0.2) is 0 Å². The minimum Gasteiger partial charge on any atom is -0.497 e. The van der Waals surface area contributed by atoms with Crippen LogP contribution in [0.2, 0.25) is 0 Å². The summed E-state index contributed by atoms with van der Waals surface area (Å²) in [6.45, 7) is 0. The summed E-state index contributed by atoms with van der Waals surface area (Å²) in [6, 6.07) is 11.8. The van der Waals surface area contributed by atoms with Crippen molar-refractivity contribution in [3.8, 4) is 23.0 Å². The van der Waals surface area contributed by atoms with Gasteiger partial charge in [0, 0.05) is 22.3 Å². The van der Waals surface area contributed by atoms with Crippen molar-refractivity contribution in [3.05, 3.63) is 58.7 Å². The van der Waals surface area contributed by atoms with Gasteiger partial charge in [-0.05, 0) is 67.8 Å². The Kier molecular flexibility index (Phi) is 3.29. The van der Waals surface area contributed by atoms with E-state index in [4.69, 9.17) is 18.9 Å². The van der Waals surface area contributed by atoms with Crippen LogP contribution >= 0.6 is 0 Å². The zero-order chi connectivity index (χ0) is 17.7. The molecule has 0 bridgehead atoms. The van der Waals surface area contributed by atoms with E-state index in [0.717, 1.165) is 64.5 Å². The third kappa shape index (κ3) is 2.15. The molecule has 1 aliphatic carbocycles. The maximum atomic E-state index is 6.49. The summed E-state index contributed by atoms with van der Waals surface area (Å²) in [7, 11) is 3.36. The minimum atomic E-state index is -0.818. The zero-order valence-corrected chi connectivity index (χ0v) is 14.9. The lowest BCUT2D eigenvalue weighted by Gasteiger charge is -2.45. The van der Waals surface area contributed by atoms with Crippen molar-refractivity contribution in [2.75, 3.05) is 14.2 Å². The normalized spacial score (nSPS) is 18.5. The molecule has 0 saturated heterocycles. The van der Waals surface area contributed by atoms with Crippen LogP contribution in [0.25, 0.3) is 12.2 Å². The molecule has 0 amide bonds. The van der Waals surface area contributed by atoms with Crippen molar-refractivity contribution in [1.82, 2.24) is 0 Å². The van der Waals surface area contributed by atoms with Crippen LogP contribution in [0, 0.1) is 0 Å². The number of methoxy groups -OCH3 is 2. The van der Waals surface area contributed by atoms with Crippen molar-refractivity contribution >= 4 is 12.2 Å². The highest BCUT2D eigenvalue weighted by Crippen LogP contribution is 2.51. The van der Waals surface area contributed by atoms with Crippen LogP contribution in [0.15, 0.2) is 47.5 Å². The lowest BCUT2D eigenvalue weighted by Crippen LogP contribution is -2.50. The second-order valence-corrected chi connectivity index (χ2v) is 6.82. The summed E-state index contributed by atoms with van der Waals surface area (Å²) in [5.74, 6) is 2.47. The van der Waals surface area contributed by atoms with Crippen LogP contribution in [0.4, 0.5) is 0 Å². The SMILES string of the molecule is COc1ccc2c(c1)C=C1CCCC3=Cc4cc(OC)ccc4OC13O2. The molecule has 5 rings (SSSR count). The van der Waals surface area contributed by atoms with Gasteiger partial charge in [0.05, 0.1) is 14.2 Å². The van der Waals surface area contributed by atoms with Crippen LogP contribution in [0.5, 0.6) is 23.0 Å². The predicted molar refractivity (Wildman–Crippen MR) is 99.8 cm³/mol. The molecule has 26 heavy (non-hydrogen) atoms. The van der Waals surface area contributed by atoms with Crippen LogP contribution in [-0.2, 0) is 0 Å². The fourth-order valence-corrected chi connectivity index (χ4v) is 4.03. The molecule has 2 heterocycles. The highest BCUT2D eigenvalue weighted by molar-refractivity contribution is 5.73. The second-order valence-electron chi connectivity index (χ2n) is 6.82. The Bertz CT molecular complexity index is 877. The first kappa shape index (κ1) is 15.4. The molecular weight excluding hydrogens is 328 g/mol. The molecule has 0 atom stereocenters. The molecule has 2 aliphatic heterocycles. The smallest absolute Gasteiger partial charge is 0.297 e. The van der Waals surface area contributed by atoms with E-state index in [1.807, 2.05) is 36.4 Å². The highest BCUT2D eigenvalue weighted by atomic mass is 16.7. The van der Waals surface area contributed by atoms with Gasteiger partial charge in [-0.25, -0.2) is 0 Å². The Morgan fingerprint density at radius 3 is 1.73 bits per heavy atom. The molecule has 0 radical (unpaired) electrons. The van der Waals surface area contributed by atoms with E-state index in [2.05, 4.69) is 12.2 Å². The van der Waals surface area contributed by atoms with Gasteiger partial charge in [-0.15, -0.1) is 0 Å². The largest absolute Gasteiger partial charge is 0.497 e. The number of ether oxygens (including phenoxy) is 4. The minimum absolute atomic E-state index is 0.818. The standard InChI is InChI=1S/C22H20O4/c1-23-18-6-8-20-14(12-18)10-16-4-3-5-17-11-15-13-19(24-2)7-9-21(15)26-22(16,17)25-20/h6-13H,3-5H2,1-2H3. The van der Waals surface area contributed by atoms with E-state index in [-0.39, 0.29) is 0 Å². The molecule has 132 valence electrons. The van der Waals surface area contributed by atoms with E-state index in [9.17, 15) is 0 Å². The number of hydrogen-bond donors (Lipinski definition) is 0. The Labute approximate surface area is 152 Å². The Hall–Kier alpha value is -2.88. The predicted octanol–water partition coefficient (Wildman–Crippen LogP) is 4.84. The van der Waals surface area contributed by atoms with Gasteiger partial charge in [0.2, 0.25) is 0 Å². The van der Waals surface area contributed by atoms with Crippen molar-refractivity contribution in [3.63, 3.8) is 0 Å². The molecule has 2 aromatic carbocycles. The summed E-state index contributed by atoms with van der Waals surface area (Å²) in [6.07, 6.45) is 7.40. The fourth-order valence-electron chi connectivity index (χ4n) is 4.03. The van der Waals surface area contributed by atoms with Crippen molar-refractivity contribution in [1.29, 1.82) is 0 Å². The van der Waals surface area contributed by atoms with Crippen molar-refractivity contribution in [2.45, 2.75) is 25.0 Å². The molecule has 3 aliphatic rings. The Morgan fingerprint density at radius 1 is 0.769 bits per heavy atom. The number of benzene rings is 2. The lowest BCUT2D eigenvalue weighted by molar-refractivity contribution is -0.0620. The van der Waals surface area contributed by atoms with E-state index < -0.39 is 5.79 Å². The maximum Gasteiger partial charge on any atom is 0.297 e. The monoisotopic (exact) mass is 348 g/mol. The van der Waals surface area contributed by atoms with Crippen molar-refractivity contribution in [2.24, 2.45) is 0 Å². The van der Waals surface area contributed by atoms with Crippen LogP contribution in [0.3, 0.4) is 0 Å². The van der Waals surface area contributed by atoms with Gasteiger partial charge in [-0.1, -0.05) is 0 Å². The molecule has 1 spiro atoms. The van der Waals surface area contributed by atoms with Gasteiger partial charge in [0.25, 0.3) is 5.79 Å². The summed E-state index contributed by atoms with van der Waals surface area (Å²) in [4.78, 5) is 0. The maximum absolute atomic E-state index is 6.49. The summed E-state index contributed by atoms with van der Waals surface area (Å²) in [5.41, 5.74) is 4.40. The number of rotatable bonds is 2. The van der Waals surface area contributed by atoms with E-state index in [0.29, 0.717) is 0 Å². The first-order valence-corrected chi connectivity index (χ1v) is 8.88. The fraction of sp³-hybridized carbons (Fsp3) is 0.273. The molecule has 1 saturated carbocycles. The topological polar surface area (TPSA) is 36.9 Å². The molecule has 1 fully saturated rings. The molecular formula is C22H20O4. The number of hydrogen-bond acceptors (Lipinski definition) is 4. The van der Waals surface area contributed by atoms with Crippen molar-refractivity contribution < 1.29 is 18.9 Å². The van der Waals surface area contributed by atoms with Crippen LogP contribution < -0.4 is 18.9 Å². The Balaban J connectivity index is 1.64. The number of fused-ring (bicyclic) bond motifs is 2. The zero-order valence-electron chi connectivity index (χ0n) is 14.9. The first-order valence-electron chi connectivity index (χ1n) is 8.88. The lowest BCUT2D eigenvalue weighted by atomic mass is 9.79. The second kappa shape index (κ2) is 5.56. The average Bonchev–Trinajstić information content (AvgIpc) is 2.68. The first-order chi connectivity index (χ1) is 12.7. The van der Waals surface area contributed by atoms with Gasteiger partial charge in [-0.3, -0.25) is 0 Å². The quantitative estimate of drug-likeness (QED) is 0.778. The summed E-state index contributed by atoms with van der Waals surface area (Å²) in [5, 5.41) is 0. The Morgan fingerprint density at radius 2 is 1.27 bits per heavy atom. The molecule has 0 unspecified atom stereocenters. The molecule has 0 aromatic heterocycles. The van der Waals surface area contributed by atoms with E-state index >= 15 is 0 Å². The van der Waals surface area contributed by atoms with Crippen LogP contribution in [-0.4, -0.2) is 20.0 Å². The summed E-state index contributed by atoms with van der Waals surface area (Å²) >= 11 is 0. The average molecular weight is 348 g/mol. The van der Waals surface area contributed by atoms with E-state index in [1.165, 1.54) is 0 Å². The molecule has 0 N–H and O–H groups in total. The van der Waals surface area contributed by atoms with Gasteiger partial charge in [0.1, 0.15) is 23.0 Å². The summed E-state index contributed by atoms with van der Waals surface area (Å²) < 4.78 is 23.7. The van der Waals surface area contributed by atoms with Gasteiger partial charge >= 0.3 is 0 Å². The molecule has 2 aromatic rings. The third-order valence-corrected chi connectivity index (χ3v) is 5.34. The van der Waals surface area contributed by atoms with Gasteiger partial charge in [-0.2, -0.15) is 0 Å². The molecule has 4 nitrogen and oxygen atoms in total. The van der Waals surface area contributed by atoms with E-state index in [1.54, 1.807) is 14.2 Å². The van der Waals surface area contributed by atoms with Gasteiger partial charge < -0.3 is 18.9 Å². The highest BCUT2D eigenvalue weighted by Gasteiger charge is 2.49. The van der Waals surface area contributed by atoms with Crippen LogP contribution in [0.1, 0.15) is 30.4 Å².